The topological polar surface area (TPSA) is 320 Å². The number of ether oxygens (including phenoxy) is 2. The Labute approximate surface area is 716 Å². The summed E-state index contributed by atoms with van der Waals surface area (Å²) in [6, 6.07) is 14.9. The highest BCUT2D eigenvalue weighted by atomic mass is 35.5. The van der Waals surface area contributed by atoms with Crippen molar-refractivity contribution >= 4 is 177 Å². The lowest BCUT2D eigenvalue weighted by atomic mass is 10.0. The number of aliphatic hydroxyl groups is 1. The lowest BCUT2D eigenvalue weighted by Gasteiger charge is -2.33. The minimum Gasteiger partial charge on any atom is -0.480 e. The minimum atomic E-state index is -2.78. The smallest absolute Gasteiger partial charge is 0.327 e. The molecule has 12 rings (SSSR count). The second-order valence-corrected chi connectivity index (χ2v) is 25.5. The molecule has 0 saturated heterocycles. The number of benzene rings is 8. The number of halogens is 9. The Morgan fingerprint density at radius 1 is 0.481 bits per heavy atom. The van der Waals surface area contributed by atoms with E-state index in [1.54, 1.807) is 77.3 Å². The summed E-state index contributed by atoms with van der Waals surface area (Å²) in [6.45, 7) is 2.78. The number of aliphatic carboxylic acids is 3. The van der Waals surface area contributed by atoms with Gasteiger partial charge in [0.1, 0.15) is 32.9 Å². The number of hydrogen-bond acceptors (Lipinski definition) is 18. The number of hydrogen-bond donors (Lipinski definition) is 7. The van der Waals surface area contributed by atoms with Gasteiger partial charge in [-0.3, -0.25) is 38.6 Å². The van der Waals surface area contributed by atoms with Crippen LogP contribution >= 0.6 is 128 Å². The molecule has 8 aromatic carbocycles. The van der Waals surface area contributed by atoms with Crippen LogP contribution in [0.25, 0.3) is 0 Å². The molecule has 10 aromatic rings. The van der Waals surface area contributed by atoms with Crippen LogP contribution in [0, 0.1) is 0 Å². The Balaban J connectivity index is 0.000000396. The Kier molecular flexibility index (Phi) is 28.0. The summed E-state index contributed by atoms with van der Waals surface area (Å²) in [5.41, 5.74) is 18.3. The van der Waals surface area contributed by atoms with E-state index in [-0.39, 0.29) is 61.7 Å². The van der Waals surface area contributed by atoms with Crippen molar-refractivity contribution in [1.82, 2.24) is 9.80 Å². The third-order valence-corrected chi connectivity index (χ3v) is 18.4. The monoisotopic (exact) mass is 1710 g/mol. The second kappa shape index (κ2) is 50.6. The molecule has 0 saturated carbocycles. The molecule has 0 radical (unpaired) electrons. The summed E-state index contributed by atoms with van der Waals surface area (Å²) in [5, 5.41) is 37.7. The number of carbonyl (C=O) groups is 8. The number of thiophene rings is 2. The van der Waals surface area contributed by atoms with E-state index in [0.29, 0.717) is 40.0 Å². The number of esters is 2. The van der Waals surface area contributed by atoms with Crippen LogP contribution in [0.3, 0.4) is 0 Å². The Morgan fingerprint density at radius 3 is 1.24 bits per heavy atom. The summed E-state index contributed by atoms with van der Waals surface area (Å²) in [5.74, 6) is -5.67. The average Bonchev–Trinajstić information content (AvgIpc) is 0.876. The zero-order valence-electron chi connectivity index (χ0n) is 81.3. The molecule has 572 valence electrons. The van der Waals surface area contributed by atoms with E-state index in [1.807, 2.05) is 40.6 Å². The highest BCUT2D eigenvalue weighted by molar-refractivity contribution is 7.10. The SMILES string of the molecule is COC(=O)[C@H](c1ccccc1Cl)N1CCc2sccc2C1.Cl.[2H]C(=O)c1c([2H])c([2H])c([2H])c([2H])c1Cl.[2H]C(=O)c1ccccc1Cl.[2H]C(N)(C(=O)O)c1ccccc1Cl.[2H]C([2H])([2H])O.[2H]C([2H])([2H])OC(=O)[C@H](c1ccccc1Cl)N1CCc2sccc2C1.[2H]c1c([2H])c([2H])c(C(N)C(=O)O)c(Cl)c1[2H].[2H]c1c([2H])c([2H])c(C([2H])(N)C(=O)O)c(Cl)c1[2H].[2H]c1c([2H])c([2H])c(C=O)c(Cl)c1[2H]. The predicted molar refractivity (Wildman–Crippen MR) is 433 cm³/mol. The first-order valence-corrected chi connectivity index (χ1v) is 34.4. The fourth-order valence-corrected chi connectivity index (χ4v) is 12.2. The maximum absolute atomic E-state index is 12.6. The first-order valence-electron chi connectivity index (χ1n) is 42.7. The number of carboxylic acid groups (broad SMARTS) is 3. The molecule has 4 heterocycles. The first kappa shape index (κ1) is 59.7. The maximum Gasteiger partial charge on any atom is 0.327 e. The quantitative estimate of drug-likeness (QED) is 0.0370. The first-order chi connectivity index (χ1) is 61.5. The van der Waals surface area contributed by atoms with Gasteiger partial charge in [-0.15, -0.1) is 35.1 Å². The normalized spacial score (nSPS) is 17.0. The minimum absolute atomic E-state index is 0. The van der Waals surface area contributed by atoms with Gasteiger partial charge >= 0.3 is 29.8 Å². The molecule has 2 aromatic heterocycles. The Hall–Kier alpha value is -8.11. The van der Waals surface area contributed by atoms with Gasteiger partial charge in [-0.25, -0.2) is 9.59 Å². The van der Waals surface area contributed by atoms with Gasteiger partial charge in [0.2, 0.25) is 0 Å². The number of aldehydes is 3. The maximum atomic E-state index is 12.6. The molecule has 2 aliphatic heterocycles. The molecule has 108 heavy (non-hydrogen) atoms. The number of carbonyl (C=O) groups excluding carboxylic acids is 5. The zero-order valence-corrected chi connectivity index (χ0v) is 63.8. The second-order valence-electron chi connectivity index (χ2n) is 20.3. The van der Waals surface area contributed by atoms with Crippen LogP contribution in [0.1, 0.15) is 146 Å². The van der Waals surface area contributed by atoms with Crippen LogP contribution in [0.2, 0.25) is 40.2 Å². The molecule has 5 atom stereocenters. The largest absolute Gasteiger partial charge is 0.480 e. The molecule has 0 spiro atoms. The van der Waals surface area contributed by atoms with E-state index in [0.717, 1.165) is 37.1 Å². The molecule has 0 fully saturated rings. The van der Waals surface area contributed by atoms with E-state index < -0.39 is 192 Å². The highest BCUT2D eigenvalue weighted by Crippen LogP contribution is 2.36. The standard InChI is InChI=1S/2C16H16ClNO2S.3C8H8ClNO2.3C7H5ClO.CH4O.ClH/c2*1-20-16(19)15(12-4-2-3-5-13(12)17)18-8-6-14-11(10-18)7-9-21-14;3*9-6-4-2-1-3-5(6)7(10)8(11)12;3*8-7-4-2-1-3-6(7)5-9;1-2;/h2*2-5,7,9,15H,6,8,10H2,1H3;3*1-4,7H,10H2,(H,11,12);3*1-5H;2H,1H3;1H/t2*15-;;;;;;;;/m00......../s1/i1D3;;1D,2D,3D,4D,7D;1D,2D,3D,4D;7D;1D,2D,3D,4D,5D;1D,2D,3D,4D;5D;1D3;. The number of nitrogens with zero attached hydrogens (tertiary/aromatic N) is 2. The third-order valence-electron chi connectivity index (χ3n) is 13.8. The van der Waals surface area contributed by atoms with Gasteiger partial charge in [0.15, 0.2) is 18.8 Å². The number of carboxylic acids is 3. The Morgan fingerprint density at radius 2 is 0.843 bits per heavy atom. The van der Waals surface area contributed by atoms with Gasteiger partial charge in [-0.2, -0.15) is 0 Å². The fourth-order valence-electron chi connectivity index (χ4n) is 8.82. The van der Waals surface area contributed by atoms with Gasteiger partial charge in [0.05, 0.1) is 62.1 Å². The van der Waals surface area contributed by atoms with Crippen LogP contribution in [0.15, 0.2) is 217 Å². The number of methoxy groups -OCH3 is 2. The molecule has 19 nitrogen and oxygen atoms in total. The van der Waals surface area contributed by atoms with Crippen molar-refractivity contribution in [2.75, 3.05) is 34.3 Å². The van der Waals surface area contributed by atoms with Crippen LogP contribution in [0.4, 0.5) is 0 Å². The van der Waals surface area contributed by atoms with E-state index in [9.17, 15) is 38.4 Å². The molecule has 0 aliphatic carbocycles. The van der Waals surface area contributed by atoms with Crippen molar-refractivity contribution in [1.29, 1.82) is 0 Å². The summed E-state index contributed by atoms with van der Waals surface area (Å²) >= 11 is 49.6. The van der Waals surface area contributed by atoms with Gasteiger partial charge in [0, 0.05) is 84.8 Å². The molecule has 10 N–H and O–H groups in total. The Bertz CT molecular complexity index is 5830. The summed E-state index contributed by atoms with van der Waals surface area (Å²) in [4.78, 5) is 95.4. The number of nitrogens with two attached hydrogens (primary N) is 3. The average molecular weight is 1720 g/mol. The van der Waals surface area contributed by atoms with E-state index >= 15 is 0 Å². The fraction of sp³-hybridized carbons (Fsp3) is 0.179. The van der Waals surface area contributed by atoms with Crippen molar-refractivity contribution in [3.05, 3.63) is 322 Å². The van der Waals surface area contributed by atoms with Crippen LogP contribution in [-0.4, -0.2) is 113 Å². The summed E-state index contributed by atoms with van der Waals surface area (Å²) < 4.78 is 194. The van der Waals surface area contributed by atoms with Crippen molar-refractivity contribution < 1.29 is 104 Å². The van der Waals surface area contributed by atoms with Crippen LogP contribution < -0.4 is 17.2 Å². The molecule has 2 aliphatic rings. The molecular formula is C78H76Cl9N5O14S2. The third kappa shape index (κ3) is 29.7. The molecule has 0 bridgehead atoms. The van der Waals surface area contributed by atoms with Crippen molar-refractivity contribution in [3.63, 3.8) is 0 Å². The zero-order chi connectivity index (χ0) is 102. The van der Waals surface area contributed by atoms with E-state index in [1.165, 1.54) is 40.6 Å². The lowest BCUT2D eigenvalue weighted by Crippen LogP contribution is -2.38. The van der Waals surface area contributed by atoms with Crippen LogP contribution in [0.5, 0.6) is 0 Å². The van der Waals surface area contributed by atoms with Crippen molar-refractivity contribution in [2.45, 2.75) is 56.1 Å². The van der Waals surface area contributed by atoms with Gasteiger partial charge in [-0.05, 0) is 123 Å². The number of fused-ring (bicyclic) bond motifs is 2. The predicted octanol–water partition coefficient (Wildman–Crippen LogP) is 18.1. The van der Waals surface area contributed by atoms with Gasteiger partial charge < -0.3 is 47.1 Å². The van der Waals surface area contributed by atoms with Gasteiger partial charge in [-0.1, -0.05) is 238 Å². The van der Waals surface area contributed by atoms with E-state index in [2.05, 4.69) is 16.3 Å². The van der Waals surface area contributed by atoms with E-state index in [4.69, 9.17) is 176 Å². The highest BCUT2D eigenvalue weighted by Gasteiger charge is 2.34. The summed E-state index contributed by atoms with van der Waals surface area (Å²) in [6.07, 6.45) is 0.132. The van der Waals surface area contributed by atoms with Crippen molar-refractivity contribution in [2.24, 2.45) is 17.2 Å². The van der Waals surface area contributed by atoms with Gasteiger partial charge in [0.25, 0.3) is 0 Å². The summed E-state index contributed by atoms with van der Waals surface area (Å²) in [7, 11) is -4.11. The lowest BCUT2D eigenvalue weighted by molar-refractivity contribution is -0.148. The molecule has 3 unspecified atom stereocenters. The molecule has 30 heteroatoms. The number of rotatable bonds is 15. The van der Waals surface area contributed by atoms with Crippen LogP contribution in [-0.2, 0) is 59.4 Å². The molecule has 0 amide bonds. The van der Waals surface area contributed by atoms with Crippen molar-refractivity contribution in [3.8, 4) is 0 Å². The molecular weight excluding hydrogens is 1610 g/mol.